The fourth-order valence-corrected chi connectivity index (χ4v) is 3.18. The molecule has 1 fully saturated rings. The van der Waals surface area contributed by atoms with Gasteiger partial charge in [0.2, 0.25) is 5.91 Å². The summed E-state index contributed by atoms with van der Waals surface area (Å²) >= 11 is 11.4. The summed E-state index contributed by atoms with van der Waals surface area (Å²) in [5.74, 6) is 0.0604. The summed E-state index contributed by atoms with van der Waals surface area (Å²) in [4.78, 5) is 17.6. The first kappa shape index (κ1) is 14.6. The van der Waals surface area contributed by atoms with Gasteiger partial charge in [-0.15, -0.1) is 0 Å². The maximum absolute atomic E-state index is 12.6. The van der Waals surface area contributed by atoms with Gasteiger partial charge >= 0.3 is 0 Å². The molecule has 0 spiro atoms. The normalized spacial score (nSPS) is 17.1. The summed E-state index contributed by atoms with van der Waals surface area (Å²) in [6, 6.07) is 5.14. The fraction of sp³-hybridized carbons (Fsp3) is 0.429. The highest BCUT2D eigenvalue weighted by Crippen LogP contribution is 2.23. The van der Waals surface area contributed by atoms with Gasteiger partial charge in [0.05, 0.1) is 24.2 Å². The van der Waals surface area contributed by atoms with E-state index in [4.69, 9.17) is 28.6 Å². The minimum atomic E-state index is -0.356. The highest BCUT2D eigenvalue weighted by Gasteiger charge is 2.25. The Morgan fingerprint density at radius 3 is 2.86 bits per heavy atom. The Balaban J connectivity index is 1.97. The SMILES string of the molecule is CC(C(=O)N1CCOCC1)n1c(=S)[nH]c2cc(Cl)ccc21. The van der Waals surface area contributed by atoms with Crippen molar-refractivity contribution in [1.82, 2.24) is 14.5 Å². The number of ether oxygens (including phenoxy) is 1. The number of H-pyrrole nitrogens is 1. The van der Waals surface area contributed by atoms with Crippen LogP contribution in [0.2, 0.25) is 5.02 Å². The van der Waals surface area contributed by atoms with E-state index < -0.39 is 0 Å². The van der Waals surface area contributed by atoms with Crippen molar-refractivity contribution in [2.24, 2.45) is 0 Å². The molecule has 0 saturated carbocycles. The molecule has 112 valence electrons. The highest BCUT2D eigenvalue weighted by molar-refractivity contribution is 7.71. The second-order valence-corrected chi connectivity index (χ2v) is 5.90. The van der Waals surface area contributed by atoms with Gasteiger partial charge in [0, 0.05) is 18.1 Å². The number of nitrogens with zero attached hydrogens (tertiary/aromatic N) is 2. The van der Waals surface area contributed by atoms with Crippen molar-refractivity contribution in [3.8, 4) is 0 Å². The van der Waals surface area contributed by atoms with Gasteiger partial charge in [0.25, 0.3) is 0 Å². The summed E-state index contributed by atoms with van der Waals surface area (Å²) < 4.78 is 7.66. The Morgan fingerprint density at radius 1 is 1.43 bits per heavy atom. The molecule has 1 amide bonds. The van der Waals surface area contributed by atoms with Crippen molar-refractivity contribution < 1.29 is 9.53 Å². The molecule has 1 aliphatic heterocycles. The van der Waals surface area contributed by atoms with Crippen molar-refractivity contribution in [3.05, 3.63) is 28.0 Å². The molecule has 1 aromatic heterocycles. The van der Waals surface area contributed by atoms with Crippen LogP contribution in [0.1, 0.15) is 13.0 Å². The lowest BCUT2D eigenvalue weighted by Crippen LogP contribution is -2.43. The van der Waals surface area contributed by atoms with E-state index >= 15 is 0 Å². The first-order valence-corrected chi connectivity index (χ1v) is 7.63. The van der Waals surface area contributed by atoms with Gasteiger partial charge in [0.1, 0.15) is 6.04 Å². The Labute approximate surface area is 132 Å². The van der Waals surface area contributed by atoms with Gasteiger partial charge in [-0.3, -0.25) is 4.79 Å². The molecule has 2 aromatic rings. The maximum atomic E-state index is 12.6. The topological polar surface area (TPSA) is 50.3 Å². The summed E-state index contributed by atoms with van der Waals surface area (Å²) in [7, 11) is 0. The number of hydrogen-bond acceptors (Lipinski definition) is 3. The van der Waals surface area contributed by atoms with Crippen LogP contribution in [0.25, 0.3) is 11.0 Å². The second kappa shape index (κ2) is 5.79. The third kappa shape index (κ3) is 2.71. The predicted octanol–water partition coefficient (Wildman–Crippen LogP) is 2.77. The Morgan fingerprint density at radius 2 is 2.14 bits per heavy atom. The van der Waals surface area contributed by atoms with Crippen LogP contribution in [0, 0.1) is 4.77 Å². The largest absolute Gasteiger partial charge is 0.378 e. The van der Waals surface area contributed by atoms with E-state index in [1.807, 2.05) is 28.5 Å². The predicted molar refractivity (Wildman–Crippen MR) is 84.2 cm³/mol. The van der Waals surface area contributed by atoms with Gasteiger partial charge in [-0.05, 0) is 37.3 Å². The van der Waals surface area contributed by atoms with Crippen molar-refractivity contribution in [2.75, 3.05) is 26.3 Å². The van der Waals surface area contributed by atoms with Crippen LogP contribution in [-0.4, -0.2) is 46.7 Å². The molecule has 1 saturated heterocycles. The molecule has 0 radical (unpaired) electrons. The van der Waals surface area contributed by atoms with Gasteiger partial charge in [-0.1, -0.05) is 11.6 Å². The number of halogens is 1. The second-order valence-electron chi connectivity index (χ2n) is 5.08. The van der Waals surface area contributed by atoms with E-state index in [-0.39, 0.29) is 11.9 Å². The first-order valence-electron chi connectivity index (χ1n) is 6.84. The molecule has 1 atom stereocenters. The van der Waals surface area contributed by atoms with E-state index in [1.165, 1.54) is 0 Å². The third-order valence-corrected chi connectivity index (χ3v) is 4.28. The number of aromatic nitrogens is 2. The molecule has 21 heavy (non-hydrogen) atoms. The third-order valence-electron chi connectivity index (χ3n) is 3.75. The molecule has 0 bridgehead atoms. The number of rotatable bonds is 2. The molecule has 5 nitrogen and oxygen atoms in total. The van der Waals surface area contributed by atoms with Crippen LogP contribution in [0.15, 0.2) is 18.2 Å². The van der Waals surface area contributed by atoms with Gasteiger partial charge < -0.3 is 19.2 Å². The standard InChI is InChI=1S/C14H16ClN3O2S/c1-9(13(19)17-4-6-20-7-5-17)18-12-3-2-10(15)8-11(12)16-14(18)21/h2-3,8-9H,4-7H2,1H3,(H,16,21). The van der Waals surface area contributed by atoms with Crippen molar-refractivity contribution in [1.29, 1.82) is 0 Å². The van der Waals surface area contributed by atoms with E-state index in [2.05, 4.69) is 4.98 Å². The fourth-order valence-electron chi connectivity index (χ4n) is 2.65. The zero-order valence-corrected chi connectivity index (χ0v) is 13.2. The number of imidazole rings is 1. The number of fused-ring (bicyclic) bond motifs is 1. The molecule has 1 aliphatic rings. The van der Waals surface area contributed by atoms with Crippen LogP contribution < -0.4 is 0 Å². The Hall–Kier alpha value is -1.37. The average molecular weight is 326 g/mol. The van der Waals surface area contributed by atoms with Crippen LogP contribution in [0.4, 0.5) is 0 Å². The van der Waals surface area contributed by atoms with Crippen LogP contribution >= 0.6 is 23.8 Å². The van der Waals surface area contributed by atoms with Gasteiger partial charge in [-0.25, -0.2) is 0 Å². The molecule has 1 aromatic carbocycles. The van der Waals surface area contributed by atoms with Crippen molar-refractivity contribution in [3.63, 3.8) is 0 Å². The first-order chi connectivity index (χ1) is 10.1. The summed E-state index contributed by atoms with van der Waals surface area (Å²) in [6.07, 6.45) is 0. The smallest absolute Gasteiger partial charge is 0.245 e. The van der Waals surface area contributed by atoms with Crippen LogP contribution in [0.3, 0.4) is 0 Å². The molecule has 2 heterocycles. The summed E-state index contributed by atoms with van der Waals surface area (Å²) in [6.45, 7) is 4.31. The van der Waals surface area contributed by atoms with Crippen LogP contribution in [-0.2, 0) is 9.53 Å². The van der Waals surface area contributed by atoms with Gasteiger partial charge in [-0.2, -0.15) is 0 Å². The zero-order chi connectivity index (χ0) is 15.0. The molecule has 1 unspecified atom stereocenters. The number of hydrogen-bond donors (Lipinski definition) is 1. The number of carbonyl (C=O) groups excluding carboxylic acids is 1. The Bertz CT molecular complexity index is 733. The lowest BCUT2D eigenvalue weighted by Gasteiger charge is -2.29. The summed E-state index contributed by atoms with van der Waals surface area (Å²) in [5, 5.41) is 0.637. The van der Waals surface area contributed by atoms with Gasteiger partial charge in [0.15, 0.2) is 4.77 Å². The van der Waals surface area contributed by atoms with E-state index in [0.717, 1.165) is 11.0 Å². The molecular formula is C14H16ClN3O2S. The number of nitrogens with one attached hydrogen (secondary N) is 1. The lowest BCUT2D eigenvalue weighted by atomic mass is 10.2. The number of morpholine rings is 1. The van der Waals surface area contributed by atoms with Crippen molar-refractivity contribution in [2.45, 2.75) is 13.0 Å². The highest BCUT2D eigenvalue weighted by atomic mass is 35.5. The van der Waals surface area contributed by atoms with E-state index in [1.54, 1.807) is 6.07 Å². The van der Waals surface area contributed by atoms with Crippen molar-refractivity contribution >= 4 is 40.8 Å². The van der Waals surface area contributed by atoms with E-state index in [0.29, 0.717) is 36.1 Å². The minimum Gasteiger partial charge on any atom is -0.378 e. The molecule has 0 aliphatic carbocycles. The molecular weight excluding hydrogens is 310 g/mol. The Kier molecular flexibility index (Phi) is 4.01. The number of carbonyl (C=O) groups is 1. The minimum absolute atomic E-state index is 0.0604. The summed E-state index contributed by atoms with van der Waals surface area (Å²) in [5.41, 5.74) is 1.73. The zero-order valence-electron chi connectivity index (χ0n) is 11.6. The average Bonchev–Trinajstić information content (AvgIpc) is 2.81. The maximum Gasteiger partial charge on any atom is 0.245 e. The lowest BCUT2D eigenvalue weighted by molar-refractivity contribution is -0.138. The molecule has 3 rings (SSSR count). The molecule has 1 N–H and O–H groups in total. The monoisotopic (exact) mass is 325 g/mol. The number of benzene rings is 1. The van der Waals surface area contributed by atoms with Crippen LogP contribution in [0.5, 0.6) is 0 Å². The number of amides is 1. The number of aromatic amines is 1. The van der Waals surface area contributed by atoms with E-state index in [9.17, 15) is 4.79 Å². The molecule has 7 heteroatoms. The quantitative estimate of drug-likeness (QED) is 0.864.